The number of ether oxygens (including phenoxy) is 1. The van der Waals surface area contributed by atoms with Crippen LogP contribution in [0.1, 0.15) is 0 Å². The van der Waals surface area contributed by atoms with E-state index in [9.17, 15) is 14.9 Å². The van der Waals surface area contributed by atoms with E-state index < -0.39 is 17.4 Å². The molecule has 0 radical (unpaired) electrons. The van der Waals surface area contributed by atoms with E-state index in [2.05, 4.69) is 9.72 Å². The Morgan fingerprint density at radius 3 is 3.00 bits per heavy atom. The monoisotopic (exact) mass is 170 g/mol. The Morgan fingerprint density at radius 1 is 1.75 bits per heavy atom. The third kappa shape index (κ3) is 2.41. The first-order chi connectivity index (χ1) is 5.68. The first-order valence-corrected chi connectivity index (χ1v) is 3.14. The summed E-state index contributed by atoms with van der Waals surface area (Å²) >= 11 is 0. The van der Waals surface area contributed by atoms with Crippen LogP contribution in [0, 0.1) is 10.1 Å². The van der Waals surface area contributed by atoms with E-state index in [4.69, 9.17) is 0 Å². The normalized spacial score (nSPS) is 9.33. The Balaban J connectivity index is 2.42. The van der Waals surface area contributed by atoms with Gasteiger partial charge in [0.2, 0.25) is 0 Å². The first-order valence-electron chi connectivity index (χ1n) is 3.14. The van der Waals surface area contributed by atoms with Crippen molar-refractivity contribution in [1.29, 1.82) is 0 Å². The highest BCUT2D eigenvalue weighted by atomic mass is 16.6. The molecule has 6 heteroatoms. The second-order valence-corrected chi connectivity index (χ2v) is 2.01. The molecule has 0 saturated carbocycles. The lowest BCUT2D eigenvalue weighted by Crippen LogP contribution is -2.18. The fourth-order valence-electron chi connectivity index (χ4n) is 0.641. The zero-order chi connectivity index (χ0) is 8.97. The van der Waals surface area contributed by atoms with Crippen molar-refractivity contribution in [3.63, 3.8) is 0 Å². The average molecular weight is 170 g/mol. The summed E-state index contributed by atoms with van der Waals surface area (Å²) in [6, 6.07) is 1.50. The van der Waals surface area contributed by atoms with Gasteiger partial charge in [-0.05, 0) is 6.07 Å². The largest absolute Gasteiger partial charge is 0.420 e. The molecule has 1 aromatic rings. The van der Waals surface area contributed by atoms with E-state index in [1.54, 1.807) is 6.20 Å². The number of nitrogens with zero attached hydrogens (tertiary/aromatic N) is 1. The molecule has 0 amide bonds. The zero-order valence-electron chi connectivity index (χ0n) is 6.02. The maximum atomic E-state index is 10.6. The topological polar surface area (TPSA) is 85.2 Å². The molecule has 64 valence electrons. The summed E-state index contributed by atoms with van der Waals surface area (Å²) in [6.45, 7) is -0.814. The quantitative estimate of drug-likeness (QED) is 0.398. The van der Waals surface area contributed by atoms with Crippen LogP contribution in [0.4, 0.5) is 0 Å². The van der Waals surface area contributed by atoms with E-state index in [-0.39, 0.29) is 5.75 Å². The molecule has 0 bridgehead atoms. The summed E-state index contributed by atoms with van der Waals surface area (Å²) in [4.78, 5) is 22.4. The van der Waals surface area contributed by atoms with Gasteiger partial charge < -0.3 is 9.72 Å². The summed E-state index contributed by atoms with van der Waals surface area (Å²) in [5.41, 5.74) is 0. The van der Waals surface area contributed by atoms with Gasteiger partial charge >= 0.3 is 5.97 Å². The predicted molar refractivity (Wildman–Crippen MR) is 38.3 cm³/mol. The van der Waals surface area contributed by atoms with E-state index in [0.717, 1.165) is 0 Å². The summed E-state index contributed by atoms with van der Waals surface area (Å²) in [5, 5.41) is 9.84. The molecule has 0 aliphatic rings. The van der Waals surface area contributed by atoms with Crippen LogP contribution in [0.15, 0.2) is 18.5 Å². The summed E-state index contributed by atoms with van der Waals surface area (Å²) < 4.78 is 4.55. The number of rotatable bonds is 3. The number of aromatic nitrogens is 1. The van der Waals surface area contributed by atoms with E-state index in [1.807, 2.05) is 0 Å². The average Bonchev–Trinajstić information content (AvgIpc) is 2.37. The molecule has 0 saturated heterocycles. The Kier molecular flexibility index (Phi) is 2.42. The Hall–Kier alpha value is -1.85. The molecule has 1 heterocycles. The molecular weight excluding hydrogens is 164 g/mol. The Labute approximate surface area is 67.3 Å². The number of esters is 1. The SMILES string of the molecule is O=C(C[N+](=O)[O-])Oc1cc[nH]c1. The minimum atomic E-state index is -0.875. The van der Waals surface area contributed by atoms with Crippen molar-refractivity contribution in [2.75, 3.05) is 6.54 Å². The summed E-state index contributed by atoms with van der Waals surface area (Å²) in [6.07, 6.45) is 2.98. The molecule has 1 N–H and O–H groups in total. The van der Waals surface area contributed by atoms with Gasteiger partial charge in [0.15, 0.2) is 0 Å². The van der Waals surface area contributed by atoms with Crippen LogP contribution in [0.5, 0.6) is 5.75 Å². The molecule has 6 nitrogen and oxygen atoms in total. The van der Waals surface area contributed by atoms with Crippen molar-refractivity contribution >= 4 is 5.97 Å². The van der Waals surface area contributed by atoms with Crippen LogP contribution in [0.25, 0.3) is 0 Å². The molecule has 0 aromatic carbocycles. The number of H-pyrrole nitrogens is 1. The van der Waals surface area contributed by atoms with Crippen LogP contribution in [0.3, 0.4) is 0 Å². The third-order valence-electron chi connectivity index (χ3n) is 1.06. The lowest BCUT2D eigenvalue weighted by atomic mass is 10.6. The molecule has 0 atom stereocenters. The van der Waals surface area contributed by atoms with Crippen molar-refractivity contribution < 1.29 is 14.5 Å². The van der Waals surface area contributed by atoms with Crippen molar-refractivity contribution in [2.45, 2.75) is 0 Å². The molecule has 0 aliphatic heterocycles. The zero-order valence-corrected chi connectivity index (χ0v) is 6.02. The molecule has 0 unspecified atom stereocenters. The Bertz CT molecular complexity index is 280. The lowest BCUT2D eigenvalue weighted by molar-refractivity contribution is -0.469. The number of hydrogen-bond acceptors (Lipinski definition) is 4. The predicted octanol–water partition coefficient (Wildman–Crippen LogP) is 0.197. The third-order valence-corrected chi connectivity index (χ3v) is 1.06. The molecule has 0 spiro atoms. The number of aromatic amines is 1. The Morgan fingerprint density at radius 2 is 2.50 bits per heavy atom. The van der Waals surface area contributed by atoms with Crippen LogP contribution in [0.2, 0.25) is 0 Å². The number of nitrogens with one attached hydrogen (secondary N) is 1. The minimum Gasteiger partial charge on any atom is -0.420 e. The van der Waals surface area contributed by atoms with Crippen molar-refractivity contribution in [1.82, 2.24) is 4.98 Å². The van der Waals surface area contributed by atoms with Crippen LogP contribution >= 0.6 is 0 Å². The number of nitro groups is 1. The van der Waals surface area contributed by atoms with Gasteiger partial charge in [-0.2, -0.15) is 0 Å². The van der Waals surface area contributed by atoms with Crippen LogP contribution in [-0.2, 0) is 4.79 Å². The first kappa shape index (κ1) is 8.25. The van der Waals surface area contributed by atoms with Gasteiger partial charge in [-0.3, -0.25) is 10.1 Å². The van der Waals surface area contributed by atoms with E-state index in [0.29, 0.717) is 0 Å². The van der Waals surface area contributed by atoms with Gasteiger partial charge in [-0.15, -0.1) is 0 Å². The van der Waals surface area contributed by atoms with Crippen LogP contribution in [-0.4, -0.2) is 22.4 Å². The van der Waals surface area contributed by atoms with Gasteiger partial charge in [0.25, 0.3) is 6.54 Å². The second-order valence-electron chi connectivity index (χ2n) is 2.01. The fourth-order valence-corrected chi connectivity index (χ4v) is 0.641. The highest BCUT2D eigenvalue weighted by Crippen LogP contribution is 2.06. The molecule has 0 fully saturated rings. The highest BCUT2D eigenvalue weighted by molar-refractivity contribution is 5.73. The highest BCUT2D eigenvalue weighted by Gasteiger charge is 2.11. The van der Waals surface area contributed by atoms with Gasteiger partial charge in [-0.25, -0.2) is 4.79 Å². The number of carbonyl (C=O) groups is 1. The molecule has 12 heavy (non-hydrogen) atoms. The van der Waals surface area contributed by atoms with Crippen molar-refractivity contribution in [3.05, 3.63) is 28.6 Å². The smallest absolute Gasteiger partial charge is 0.383 e. The molecule has 0 aliphatic carbocycles. The maximum absolute atomic E-state index is 10.6. The van der Waals surface area contributed by atoms with Gasteiger partial charge in [-0.1, -0.05) is 0 Å². The standard InChI is InChI=1S/C6H6N2O4/c9-6(4-8(10)11)12-5-1-2-7-3-5/h1-3,7H,4H2. The summed E-state index contributed by atoms with van der Waals surface area (Å²) in [7, 11) is 0. The van der Waals surface area contributed by atoms with Gasteiger partial charge in [0.1, 0.15) is 5.75 Å². The molecule has 1 aromatic heterocycles. The number of hydrogen-bond donors (Lipinski definition) is 1. The molecule has 1 rings (SSSR count). The van der Waals surface area contributed by atoms with Gasteiger partial charge in [0, 0.05) is 17.3 Å². The van der Waals surface area contributed by atoms with Crippen molar-refractivity contribution in [3.8, 4) is 5.75 Å². The van der Waals surface area contributed by atoms with Crippen molar-refractivity contribution in [2.24, 2.45) is 0 Å². The second kappa shape index (κ2) is 3.51. The number of carbonyl (C=O) groups excluding carboxylic acids is 1. The maximum Gasteiger partial charge on any atom is 0.383 e. The summed E-state index contributed by atoms with van der Waals surface area (Å²) in [5.74, 6) is -0.596. The van der Waals surface area contributed by atoms with E-state index >= 15 is 0 Å². The van der Waals surface area contributed by atoms with E-state index in [1.165, 1.54) is 12.3 Å². The van der Waals surface area contributed by atoms with Gasteiger partial charge in [0.05, 0.1) is 0 Å². The minimum absolute atomic E-state index is 0.279. The van der Waals surface area contributed by atoms with Crippen LogP contribution < -0.4 is 4.74 Å². The lowest BCUT2D eigenvalue weighted by Gasteiger charge is -1.95. The molecular formula is C6H6N2O4. The fraction of sp³-hybridized carbons (Fsp3) is 0.167.